The van der Waals surface area contributed by atoms with E-state index in [2.05, 4.69) is 46.5 Å². The molecule has 1 saturated heterocycles. The predicted molar refractivity (Wildman–Crippen MR) is 145 cm³/mol. The average Bonchev–Trinajstić information content (AvgIpc) is 2.97. The molecule has 0 aliphatic carbocycles. The third kappa shape index (κ3) is 6.28. The number of benzene rings is 1. The van der Waals surface area contributed by atoms with Crippen molar-refractivity contribution in [2.24, 2.45) is 0 Å². The maximum atomic E-state index is 6.56. The van der Waals surface area contributed by atoms with E-state index in [1.807, 2.05) is 12.3 Å². The van der Waals surface area contributed by atoms with E-state index in [-0.39, 0.29) is 0 Å². The van der Waals surface area contributed by atoms with Gasteiger partial charge in [0, 0.05) is 50.4 Å². The van der Waals surface area contributed by atoms with Crippen molar-refractivity contribution in [3.05, 3.63) is 64.8 Å². The lowest BCUT2D eigenvalue weighted by molar-refractivity contribution is -0.289. The Morgan fingerprint density at radius 3 is 2.49 bits per heavy atom. The van der Waals surface area contributed by atoms with Gasteiger partial charge in [0.15, 0.2) is 23.2 Å². The van der Waals surface area contributed by atoms with Crippen molar-refractivity contribution in [2.45, 2.75) is 6.54 Å². The van der Waals surface area contributed by atoms with Gasteiger partial charge in [-0.3, -0.25) is 4.90 Å². The van der Waals surface area contributed by atoms with Crippen molar-refractivity contribution >= 4 is 34.7 Å². The van der Waals surface area contributed by atoms with Crippen molar-refractivity contribution < 1.29 is 25.8 Å². The maximum Gasteiger partial charge on any atom is 0.292 e. The molecule has 0 amide bonds. The summed E-state index contributed by atoms with van der Waals surface area (Å²) < 4.78 is 16.2. The van der Waals surface area contributed by atoms with Gasteiger partial charge < -0.3 is 24.8 Å². The van der Waals surface area contributed by atoms with E-state index in [4.69, 9.17) is 37.4 Å². The summed E-state index contributed by atoms with van der Waals surface area (Å²) in [6.45, 7) is 4.22. The number of rotatable bonds is 9. The highest BCUT2D eigenvalue weighted by Gasteiger charge is 2.24. The second kappa shape index (κ2) is 12.4. The van der Waals surface area contributed by atoms with Crippen molar-refractivity contribution in [3.63, 3.8) is 0 Å². The number of hydrogen-bond acceptors (Lipinski definition) is 11. The summed E-state index contributed by atoms with van der Waals surface area (Å²) in [5.74, 6) is 2.46. The lowest BCUT2D eigenvalue weighted by Gasteiger charge is -2.26. The molecule has 1 fully saturated rings. The van der Waals surface area contributed by atoms with Crippen molar-refractivity contribution in [1.82, 2.24) is 29.8 Å². The summed E-state index contributed by atoms with van der Waals surface area (Å²) in [4.78, 5) is 24.6. The van der Waals surface area contributed by atoms with Crippen LogP contribution < -0.4 is 20.1 Å². The highest BCUT2D eigenvalue weighted by molar-refractivity contribution is 6.35. The van der Waals surface area contributed by atoms with Gasteiger partial charge in [-0.15, -0.1) is 0 Å². The number of nitrogens with one attached hydrogen (secondary N) is 2. The predicted octanol–water partition coefficient (Wildman–Crippen LogP) is 4.01. The minimum Gasteiger partial charge on any atom is -0.495 e. The Morgan fingerprint density at radius 2 is 1.74 bits per heavy atom. The van der Waals surface area contributed by atoms with E-state index >= 15 is 0 Å². The maximum absolute atomic E-state index is 6.56. The normalized spacial score (nSPS) is 13.6. The van der Waals surface area contributed by atoms with Crippen LogP contribution >= 0.6 is 11.6 Å². The van der Waals surface area contributed by atoms with Crippen LogP contribution in [0.4, 0.5) is 23.1 Å². The van der Waals surface area contributed by atoms with Crippen molar-refractivity contribution in [2.75, 3.05) is 51.2 Å². The van der Waals surface area contributed by atoms with Crippen LogP contribution in [0.5, 0.6) is 11.5 Å². The van der Waals surface area contributed by atoms with Crippen LogP contribution in [0.1, 0.15) is 5.56 Å². The zero-order valence-electron chi connectivity index (χ0n) is 21.3. The molecule has 5 rings (SSSR count). The van der Waals surface area contributed by atoms with E-state index in [1.165, 1.54) is 20.5 Å². The summed E-state index contributed by atoms with van der Waals surface area (Å²) in [5, 5.41) is 7.10. The topological polar surface area (TPSA) is 119 Å². The van der Waals surface area contributed by atoms with Crippen LogP contribution in [0.2, 0.25) is 10.0 Å². The molecule has 0 radical (unpaired) electrons. The molecule has 1 aliphatic heterocycles. The highest BCUT2D eigenvalue weighted by atomic mass is 35.5. The molecule has 3 aromatic heterocycles. The number of nitrogens with zero attached hydrogens (tertiary/aromatic N) is 6. The molecule has 4 heterocycles. The largest absolute Gasteiger partial charge is 0.495 e. The molecule has 0 unspecified atom stereocenters. The van der Waals surface area contributed by atoms with Crippen molar-refractivity contribution in [1.29, 1.82) is 0 Å². The van der Waals surface area contributed by atoms with Crippen LogP contribution in [0.25, 0.3) is 11.4 Å². The second-order valence-corrected chi connectivity index (χ2v) is 9.32. The molecule has 39 heavy (non-hydrogen) atoms. The number of halogens is 2. The minimum absolute atomic E-state index is 0.299. The Labute approximate surface area is 235 Å². The first-order chi connectivity index (χ1) is 19.1. The first-order valence-electron chi connectivity index (χ1n) is 12.1. The molecule has 0 spiro atoms. The number of ether oxygens (including phenoxy) is 3. The Bertz CT molecular complexity index is 1410. The number of hydrogen-bond donors (Lipinski definition) is 2. The van der Waals surface area contributed by atoms with Crippen LogP contribution in [0, 0.1) is 11.6 Å². The quantitative estimate of drug-likeness (QED) is 0.304. The molecule has 0 bridgehead atoms. The Hall–Kier alpha value is -3.77. The van der Waals surface area contributed by atoms with Crippen LogP contribution in [0.15, 0.2) is 49.2 Å². The zero-order chi connectivity index (χ0) is 27.2. The van der Waals surface area contributed by atoms with E-state index in [1.54, 1.807) is 24.5 Å². The number of anilines is 4. The molecule has 11 nitrogen and oxygen atoms in total. The first kappa shape index (κ1) is 26.8. The van der Waals surface area contributed by atoms with Crippen LogP contribution in [-0.2, 0) is 11.3 Å². The van der Waals surface area contributed by atoms with Gasteiger partial charge in [-0.05, 0) is 11.6 Å². The SMILES string of the molecule is COc1cc(OC)c([ClH+])c(Nc2nccnc2-c2cc(Nc3ccc(CN4CCOCC4)cn3)ncn2)c1Cl. The van der Waals surface area contributed by atoms with Gasteiger partial charge in [0.1, 0.15) is 40.1 Å². The number of pyridine rings is 1. The van der Waals surface area contributed by atoms with E-state index in [9.17, 15) is 0 Å². The lowest BCUT2D eigenvalue weighted by Crippen LogP contribution is -2.35. The molecular formula is C26H27Cl2N8O3+. The molecule has 1 aromatic carbocycles. The van der Waals surface area contributed by atoms with E-state index < -0.39 is 0 Å². The summed E-state index contributed by atoms with van der Waals surface area (Å²) in [5.41, 5.74) is 2.56. The number of aromatic nitrogens is 5. The highest BCUT2D eigenvalue weighted by Crippen LogP contribution is 2.43. The first-order valence-corrected chi connectivity index (χ1v) is 12.9. The monoisotopic (exact) mass is 569 g/mol. The fourth-order valence-corrected chi connectivity index (χ4v) is 4.66. The molecule has 4 aromatic rings. The standard InChI is InChI=1S/C26H27Cl2N8O3/c1-37-18-12-19(38-2)23(28)25(22(18)27)35-26-24(29-5-6-30-26)17-11-21(33-15-32-17)34-20-4-3-16(13-31-20)14-36-7-9-39-10-8-36/h3-6,11-13,15,27H,7-10,14H2,1-2H3,(H,30,35)(H,31,32,33,34)/q+1. The second-order valence-electron chi connectivity index (χ2n) is 8.53. The van der Waals surface area contributed by atoms with Gasteiger partial charge in [-0.2, -0.15) is 0 Å². The molecule has 1 aliphatic rings. The van der Waals surface area contributed by atoms with Gasteiger partial charge in [0.05, 0.1) is 33.1 Å². The summed E-state index contributed by atoms with van der Waals surface area (Å²) in [7, 11) is 3.04. The van der Waals surface area contributed by atoms with E-state index in [0.29, 0.717) is 56.1 Å². The Kier molecular flexibility index (Phi) is 8.52. The van der Waals surface area contributed by atoms with Gasteiger partial charge in [0.2, 0.25) is 0 Å². The fraction of sp³-hybridized carbons (Fsp3) is 0.269. The summed E-state index contributed by atoms with van der Waals surface area (Å²) >= 11 is 12.1. The van der Waals surface area contributed by atoms with Gasteiger partial charge in [0.25, 0.3) is 5.02 Å². The Morgan fingerprint density at radius 1 is 0.949 bits per heavy atom. The number of methoxy groups -OCH3 is 2. The smallest absolute Gasteiger partial charge is 0.292 e. The fourth-order valence-electron chi connectivity index (χ4n) is 4.04. The van der Waals surface area contributed by atoms with Gasteiger partial charge >= 0.3 is 0 Å². The Balaban J connectivity index is 1.36. The van der Waals surface area contributed by atoms with Crippen molar-refractivity contribution in [3.8, 4) is 22.9 Å². The molecule has 13 heteroatoms. The molecule has 2 N–H and O–H groups in total. The van der Waals surface area contributed by atoms with Gasteiger partial charge in [-0.1, -0.05) is 17.7 Å². The zero-order valence-corrected chi connectivity index (χ0v) is 22.9. The third-order valence-corrected chi connectivity index (χ3v) is 6.81. The molecule has 0 atom stereocenters. The lowest BCUT2D eigenvalue weighted by atomic mass is 10.2. The van der Waals surface area contributed by atoms with E-state index in [0.717, 1.165) is 38.4 Å². The molecular weight excluding hydrogens is 543 g/mol. The summed E-state index contributed by atoms with van der Waals surface area (Å²) in [6.07, 6.45) is 6.45. The summed E-state index contributed by atoms with van der Waals surface area (Å²) in [6, 6.07) is 7.38. The van der Waals surface area contributed by atoms with Crippen LogP contribution in [0.3, 0.4) is 0 Å². The number of morpholine rings is 1. The third-order valence-electron chi connectivity index (χ3n) is 6.03. The van der Waals surface area contributed by atoms with Crippen LogP contribution in [-0.4, -0.2) is 70.3 Å². The minimum atomic E-state index is 0.299. The molecule has 202 valence electrons. The average molecular weight is 570 g/mol. The molecule has 0 saturated carbocycles. The van der Waals surface area contributed by atoms with Gasteiger partial charge in [-0.25, -0.2) is 24.9 Å².